The van der Waals surface area contributed by atoms with E-state index in [4.69, 9.17) is 11.5 Å². The molecule has 0 atom stereocenters. The molecule has 0 fully saturated rings. The van der Waals surface area contributed by atoms with Gasteiger partial charge in [-0.1, -0.05) is 12.7 Å². The van der Waals surface area contributed by atoms with E-state index < -0.39 is 0 Å². The summed E-state index contributed by atoms with van der Waals surface area (Å²) in [6.45, 7) is 3.75. The van der Waals surface area contributed by atoms with Crippen molar-refractivity contribution < 1.29 is 0 Å². The highest BCUT2D eigenvalue weighted by molar-refractivity contribution is 5.82. The Morgan fingerprint density at radius 3 is 2.78 bits per heavy atom. The molecule has 3 nitrogen and oxygen atoms in total. The number of hydrogen-bond acceptors (Lipinski definition) is 2. The summed E-state index contributed by atoms with van der Waals surface area (Å²) < 4.78 is 0. The van der Waals surface area contributed by atoms with Gasteiger partial charge in [-0.2, -0.15) is 0 Å². The summed E-state index contributed by atoms with van der Waals surface area (Å²) in [4.78, 5) is 3.75. The van der Waals surface area contributed by atoms with E-state index in [2.05, 4.69) is 11.6 Å². The van der Waals surface area contributed by atoms with Gasteiger partial charge in [0.25, 0.3) is 0 Å². The molecule has 0 aliphatic carbocycles. The van der Waals surface area contributed by atoms with E-state index in [1.807, 2.05) is 0 Å². The number of nitrogens with zero attached hydrogens (tertiary/aromatic N) is 1. The van der Waals surface area contributed by atoms with Crippen LogP contribution in [0.2, 0.25) is 0 Å². The second kappa shape index (κ2) is 5.05. The molecule has 0 rings (SSSR count). The van der Waals surface area contributed by atoms with E-state index in [1.54, 1.807) is 18.4 Å². The number of hydrogen-bond donors (Lipinski definition) is 2. The third-order valence-electron chi connectivity index (χ3n) is 0.672. The number of amidine groups is 1. The Balaban J connectivity index is 3.67. The van der Waals surface area contributed by atoms with Gasteiger partial charge in [-0.05, 0) is 6.08 Å². The fourth-order valence-electron chi connectivity index (χ4n) is 0.252. The van der Waals surface area contributed by atoms with Crippen molar-refractivity contribution in [3.05, 3.63) is 24.9 Å². The smallest absolute Gasteiger partial charge is 0.113 e. The van der Waals surface area contributed by atoms with Crippen molar-refractivity contribution in [3.8, 4) is 0 Å². The quantitative estimate of drug-likeness (QED) is 0.317. The predicted molar refractivity (Wildman–Crippen MR) is 40.0 cm³/mol. The highest BCUT2D eigenvalue weighted by Crippen LogP contribution is 1.74. The van der Waals surface area contributed by atoms with Crippen molar-refractivity contribution in [1.29, 1.82) is 0 Å². The van der Waals surface area contributed by atoms with Crippen molar-refractivity contribution in [2.24, 2.45) is 16.5 Å². The van der Waals surface area contributed by atoms with Gasteiger partial charge in [0.1, 0.15) is 5.84 Å². The van der Waals surface area contributed by atoms with Crippen LogP contribution in [0, 0.1) is 0 Å². The van der Waals surface area contributed by atoms with E-state index in [9.17, 15) is 0 Å². The summed E-state index contributed by atoms with van der Waals surface area (Å²) in [5, 5.41) is 0. The summed E-state index contributed by atoms with van der Waals surface area (Å²) in [5.74, 6) is 0.424. The zero-order valence-corrected chi connectivity index (χ0v) is 5.25. The van der Waals surface area contributed by atoms with Crippen molar-refractivity contribution in [3.63, 3.8) is 0 Å². The Morgan fingerprint density at radius 2 is 2.33 bits per heavy atom. The van der Waals surface area contributed by atoms with Gasteiger partial charge in [0.05, 0.1) is 6.54 Å². The van der Waals surface area contributed by atoms with Crippen LogP contribution in [0.1, 0.15) is 0 Å². The lowest BCUT2D eigenvalue weighted by molar-refractivity contribution is 1.26. The van der Waals surface area contributed by atoms with Crippen LogP contribution in [-0.2, 0) is 0 Å². The summed E-state index contributed by atoms with van der Waals surface area (Å²) in [5.41, 5.74) is 10.4. The number of allylic oxidation sites excluding steroid dienone is 2. The number of rotatable bonds is 3. The third kappa shape index (κ3) is 4.77. The number of nitrogens with two attached hydrogens (primary N) is 2. The molecule has 0 saturated carbocycles. The molecule has 0 spiro atoms. The second-order valence-corrected chi connectivity index (χ2v) is 1.40. The van der Waals surface area contributed by atoms with Crippen LogP contribution in [0.4, 0.5) is 0 Å². The molecule has 4 N–H and O–H groups in total. The molecule has 0 aliphatic rings. The van der Waals surface area contributed by atoms with Crippen molar-refractivity contribution in [2.45, 2.75) is 0 Å². The maximum atomic E-state index is 5.25. The summed E-state index contributed by atoms with van der Waals surface area (Å²) in [6, 6.07) is 0. The van der Waals surface area contributed by atoms with Gasteiger partial charge < -0.3 is 11.5 Å². The van der Waals surface area contributed by atoms with Gasteiger partial charge in [-0.15, -0.1) is 0 Å². The highest BCUT2D eigenvalue weighted by atomic mass is 14.9. The molecule has 0 amide bonds. The third-order valence-corrected chi connectivity index (χ3v) is 0.672. The van der Waals surface area contributed by atoms with Crippen LogP contribution in [0.15, 0.2) is 29.9 Å². The topological polar surface area (TPSA) is 64.4 Å². The molecule has 0 aromatic heterocycles. The molecule has 9 heavy (non-hydrogen) atoms. The minimum Gasteiger partial charge on any atom is -0.386 e. The lowest BCUT2D eigenvalue weighted by atomic mass is 10.6. The molecule has 0 unspecified atom stereocenters. The molecular formula is C6H11N3. The van der Waals surface area contributed by atoms with Gasteiger partial charge in [-0.25, -0.2) is 4.99 Å². The first-order valence-corrected chi connectivity index (χ1v) is 2.61. The summed E-state index contributed by atoms with van der Waals surface area (Å²) in [7, 11) is 0. The van der Waals surface area contributed by atoms with Gasteiger partial charge >= 0.3 is 0 Å². The SMILES string of the molecule is C=C/C=C\N=C(N)CN. The van der Waals surface area contributed by atoms with Crippen LogP contribution in [0.25, 0.3) is 0 Å². The molecule has 0 saturated heterocycles. The lowest BCUT2D eigenvalue weighted by Gasteiger charge is -1.87. The minimum absolute atomic E-state index is 0.293. The Bertz CT molecular complexity index is 135. The molecule has 0 aromatic rings. The maximum absolute atomic E-state index is 5.25. The van der Waals surface area contributed by atoms with Crippen LogP contribution in [-0.4, -0.2) is 12.4 Å². The molecule has 0 aliphatic heterocycles. The standard InChI is InChI=1S/C6H11N3/c1-2-3-4-9-6(8)5-7/h2-4H,1,5,7H2,(H2,8,9)/b4-3-. The van der Waals surface area contributed by atoms with Crippen LogP contribution in [0.3, 0.4) is 0 Å². The second-order valence-electron chi connectivity index (χ2n) is 1.40. The monoisotopic (exact) mass is 125 g/mol. The maximum Gasteiger partial charge on any atom is 0.113 e. The normalized spacial score (nSPS) is 12.3. The molecule has 3 heteroatoms. The fraction of sp³-hybridized carbons (Fsp3) is 0.167. The average molecular weight is 125 g/mol. The Morgan fingerprint density at radius 1 is 1.67 bits per heavy atom. The first-order valence-electron chi connectivity index (χ1n) is 2.61. The van der Waals surface area contributed by atoms with E-state index in [0.29, 0.717) is 12.4 Å². The lowest BCUT2D eigenvalue weighted by Crippen LogP contribution is -2.22. The zero-order valence-electron chi connectivity index (χ0n) is 5.25. The molecular weight excluding hydrogens is 114 g/mol. The van der Waals surface area contributed by atoms with Crippen molar-refractivity contribution >= 4 is 5.84 Å². The Hall–Kier alpha value is -1.09. The van der Waals surface area contributed by atoms with E-state index >= 15 is 0 Å². The fourth-order valence-corrected chi connectivity index (χ4v) is 0.252. The van der Waals surface area contributed by atoms with E-state index in [1.165, 1.54) is 0 Å². The van der Waals surface area contributed by atoms with Crippen LogP contribution < -0.4 is 11.5 Å². The van der Waals surface area contributed by atoms with E-state index in [-0.39, 0.29) is 0 Å². The molecule has 0 radical (unpaired) electrons. The molecule has 0 aromatic carbocycles. The molecule has 50 valence electrons. The van der Waals surface area contributed by atoms with Gasteiger partial charge in [0.15, 0.2) is 0 Å². The Labute approximate surface area is 54.8 Å². The summed E-state index contributed by atoms with van der Waals surface area (Å²) >= 11 is 0. The van der Waals surface area contributed by atoms with Gasteiger partial charge in [-0.3, -0.25) is 0 Å². The highest BCUT2D eigenvalue weighted by Gasteiger charge is 1.78. The first kappa shape index (κ1) is 7.91. The summed E-state index contributed by atoms with van der Waals surface area (Å²) in [6.07, 6.45) is 4.85. The first-order chi connectivity index (χ1) is 4.31. The van der Waals surface area contributed by atoms with Crippen LogP contribution in [0.5, 0.6) is 0 Å². The number of aliphatic imine (C=N–C) groups is 1. The Kier molecular flexibility index (Phi) is 4.44. The largest absolute Gasteiger partial charge is 0.386 e. The van der Waals surface area contributed by atoms with Crippen molar-refractivity contribution in [2.75, 3.05) is 6.54 Å². The zero-order chi connectivity index (χ0) is 7.11. The van der Waals surface area contributed by atoms with Crippen molar-refractivity contribution in [1.82, 2.24) is 0 Å². The molecule has 0 bridgehead atoms. The minimum atomic E-state index is 0.293. The van der Waals surface area contributed by atoms with Gasteiger partial charge in [0, 0.05) is 6.20 Å². The molecule has 0 heterocycles. The van der Waals surface area contributed by atoms with E-state index in [0.717, 1.165) is 0 Å². The van der Waals surface area contributed by atoms with Gasteiger partial charge in [0.2, 0.25) is 0 Å². The predicted octanol–water partition coefficient (Wildman–Crippen LogP) is 0.00200. The van der Waals surface area contributed by atoms with Crippen LogP contribution >= 0.6 is 0 Å². The average Bonchev–Trinajstić information content (AvgIpc) is 1.89.